The molecule has 0 radical (unpaired) electrons. The minimum atomic E-state index is -1.30. The molecule has 2 aliphatic rings. The second-order valence-electron chi connectivity index (χ2n) is 6.85. The van der Waals surface area contributed by atoms with Gasteiger partial charge in [-0.05, 0) is 23.8 Å². The number of rotatable bonds is 4. The molecule has 0 unspecified atom stereocenters. The van der Waals surface area contributed by atoms with Gasteiger partial charge in [-0.1, -0.05) is 29.3 Å². The number of aliphatic hydroxyl groups excluding tert-OH is 3. The molecule has 0 saturated carbocycles. The lowest BCUT2D eigenvalue weighted by Crippen LogP contribution is -2.35. The van der Waals surface area contributed by atoms with Gasteiger partial charge in [0.2, 0.25) is 0 Å². The van der Waals surface area contributed by atoms with Crippen LogP contribution >= 0.6 is 23.2 Å². The van der Waals surface area contributed by atoms with E-state index in [4.69, 9.17) is 27.9 Å². The Morgan fingerprint density at radius 2 is 2.03 bits per heavy atom. The van der Waals surface area contributed by atoms with Crippen molar-refractivity contribution >= 4 is 35.3 Å². The number of amidine groups is 1. The topological polar surface area (TPSA) is 112 Å². The van der Waals surface area contributed by atoms with Crippen molar-refractivity contribution in [1.29, 1.82) is 0 Å². The molecule has 4 N–H and O–H groups in total. The zero-order valence-electron chi connectivity index (χ0n) is 15.4. The second-order valence-corrected chi connectivity index (χ2v) is 7.66. The van der Waals surface area contributed by atoms with Gasteiger partial charge in [0.1, 0.15) is 24.4 Å². The van der Waals surface area contributed by atoms with E-state index in [9.17, 15) is 15.3 Å². The van der Waals surface area contributed by atoms with Crippen LogP contribution in [0.25, 0.3) is 0 Å². The van der Waals surface area contributed by atoms with Crippen molar-refractivity contribution in [2.75, 3.05) is 7.05 Å². The number of nitrogens with one attached hydrogen (secondary N) is 1. The molecule has 5 atom stereocenters. The lowest BCUT2D eigenvalue weighted by Gasteiger charge is -2.22. The second kappa shape index (κ2) is 8.06. The van der Waals surface area contributed by atoms with E-state index < -0.39 is 30.6 Å². The van der Waals surface area contributed by atoms with Gasteiger partial charge < -0.3 is 30.0 Å². The number of aromatic nitrogens is 1. The minimum absolute atomic E-state index is 0.280. The molecule has 8 nitrogen and oxygen atoms in total. The maximum absolute atomic E-state index is 10.7. The third kappa shape index (κ3) is 3.56. The summed E-state index contributed by atoms with van der Waals surface area (Å²) >= 11 is 12.0. The van der Waals surface area contributed by atoms with Crippen molar-refractivity contribution in [1.82, 2.24) is 9.99 Å². The number of aliphatic imine (C=N–C) groups is 1. The molecule has 0 bridgehead atoms. The Morgan fingerprint density at radius 1 is 1.24 bits per heavy atom. The number of hydrogen-bond acceptors (Lipinski definition) is 6. The molecule has 0 spiro atoms. The Balaban J connectivity index is 1.62. The summed E-state index contributed by atoms with van der Waals surface area (Å²) in [5.74, 6) is 0.521. The summed E-state index contributed by atoms with van der Waals surface area (Å²) in [7, 11) is 1.68. The fourth-order valence-corrected chi connectivity index (χ4v) is 3.99. The summed E-state index contributed by atoms with van der Waals surface area (Å²) in [6, 6.07) is 6.50. The quantitative estimate of drug-likeness (QED) is 0.542. The van der Waals surface area contributed by atoms with Crippen LogP contribution in [0.5, 0.6) is 0 Å². The Hall–Kier alpha value is -1.94. The summed E-state index contributed by atoms with van der Waals surface area (Å²) < 4.78 is 7.65. The fraction of sp³-hybridized carbons (Fsp3) is 0.368. The summed E-state index contributed by atoms with van der Waals surface area (Å²) in [5.41, 5.74) is 4.79. The highest BCUT2D eigenvalue weighted by atomic mass is 35.5. The van der Waals surface area contributed by atoms with Crippen molar-refractivity contribution in [3.05, 3.63) is 57.3 Å². The molecule has 29 heavy (non-hydrogen) atoms. The van der Waals surface area contributed by atoms with Crippen LogP contribution in [0.15, 0.2) is 40.6 Å². The number of hydrogen-bond donors (Lipinski definition) is 4. The number of halogens is 2. The average Bonchev–Trinajstić information content (AvgIpc) is 3.26. The molecule has 1 fully saturated rings. The first-order valence-corrected chi connectivity index (χ1v) is 9.79. The normalized spacial score (nSPS) is 28.6. The number of benzene rings is 1. The van der Waals surface area contributed by atoms with Crippen molar-refractivity contribution in [2.24, 2.45) is 10.1 Å². The van der Waals surface area contributed by atoms with Gasteiger partial charge in [0.05, 0.1) is 10.0 Å². The first kappa shape index (κ1) is 20.3. The van der Waals surface area contributed by atoms with E-state index in [-0.39, 0.29) is 5.02 Å². The van der Waals surface area contributed by atoms with E-state index in [1.807, 2.05) is 6.07 Å². The molecular formula is C19H20Cl2N4O4. The molecule has 154 valence electrons. The van der Waals surface area contributed by atoms with Crippen LogP contribution in [0.2, 0.25) is 10.0 Å². The van der Waals surface area contributed by atoms with Crippen LogP contribution in [0.3, 0.4) is 0 Å². The number of hydrazone groups is 1. The third-order valence-corrected chi connectivity index (χ3v) is 5.87. The van der Waals surface area contributed by atoms with Crippen LogP contribution in [0, 0.1) is 0 Å². The summed E-state index contributed by atoms with van der Waals surface area (Å²) in [4.78, 5) is 4.27. The van der Waals surface area contributed by atoms with Crippen LogP contribution in [-0.2, 0) is 11.2 Å². The predicted molar refractivity (Wildman–Crippen MR) is 110 cm³/mol. The van der Waals surface area contributed by atoms with Gasteiger partial charge in [0, 0.05) is 37.1 Å². The van der Waals surface area contributed by atoms with Crippen LogP contribution in [-0.4, -0.2) is 57.3 Å². The van der Waals surface area contributed by atoms with Gasteiger partial charge in [-0.3, -0.25) is 0 Å². The number of nitrogens with zero attached hydrogens (tertiary/aromatic N) is 3. The predicted octanol–water partition coefficient (Wildman–Crippen LogP) is 1.66. The van der Waals surface area contributed by atoms with Gasteiger partial charge in [-0.15, -0.1) is 0 Å². The maximum Gasteiger partial charge on any atom is 0.180 e. The molecule has 2 aromatic rings. The number of aliphatic hydroxyl groups is 3. The maximum atomic E-state index is 10.7. The zero-order valence-corrected chi connectivity index (χ0v) is 16.9. The Morgan fingerprint density at radius 3 is 2.76 bits per heavy atom. The highest BCUT2D eigenvalue weighted by Crippen LogP contribution is 2.38. The first-order valence-electron chi connectivity index (χ1n) is 9.04. The largest absolute Gasteiger partial charge is 0.387 e. The summed E-state index contributed by atoms with van der Waals surface area (Å²) in [6.07, 6.45) is -1.68. The van der Waals surface area contributed by atoms with E-state index in [1.54, 1.807) is 36.2 Å². The SMILES string of the molecule is CN/N=C1\N=CCc2c1ccn2[C@@H]1O[C@H]([C@H](O)c2ccc(Cl)c(Cl)c2)[C@@H](O)[C@H]1O. The molecule has 1 aromatic carbocycles. The summed E-state index contributed by atoms with van der Waals surface area (Å²) in [5, 5.41) is 36.7. The molecule has 10 heteroatoms. The lowest BCUT2D eigenvalue weighted by molar-refractivity contribution is -0.0864. The first-order chi connectivity index (χ1) is 13.9. The van der Waals surface area contributed by atoms with Crippen LogP contribution < -0.4 is 5.43 Å². The van der Waals surface area contributed by atoms with Crippen molar-refractivity contribution in [2.45, 2.75) is 37.1 Å². The van der Waals surface area contributed by atoms with Crippen LogP contribution in [0.1, 0.15) is 29.2 Å². The van der Waals surface area contributed by atoms with Gasteiger partial charge >= 0.3 is 0 Å². The molecular weight excluding hydrogens is 419 g/mol. The third-order valence-electron chi connectivity index (χ3n) is 5.13. The van der Waals surface area contributed by atoms with E-state index in [1.165, 1.54) is 6.07 Å². The van der Waals surface area contributed by atoms with Gasteiger partial charge in [-0.25, -0.2) is 4.99 Å². The van der Waals surface area contributed by atoms with Crippen molar-refractivity contribution in [3.63, 3.8) is 0 Å². The number of ether oxygens (including phenoxy) is 1. The fourth-order valence-electron chi connectivity index (χ4n) is 3.68. The van der Waals surface area contributed by atoms with Gasteiger partial charge in [-0.2, -0.15) is 5.10 Å². The van der Waals surface area contributed by atoms with Crippen molar-refractivity contribution < 1.29 is 20.1 Å². The molecule has 2 aliphatic heterocycles. The van der Waals surface area contributed by atoms with Gasteiger partial charge in [0.15, 0.2) is 12.1 Å². The highest BCUT2D eigenvalue weighted by Gasteiger charge is 2.47. The molecule has 4 rings (SSSR count). The minimum Gasteiger partial charge on any atom is -0.387 e. The van der Waals surface area contributed by atoms with Crippen LogP contribution in [0.4, 0.5) is 0 Å². The van der Waals surface area contributed by atoms with Gasteiger partial charge in [0.25, 0.3) is 0 Å². The monoisotopic (exact) mass is 438 g/mol. The van der Waals surface area contributed by atoms with E-state index >= 15 is 0 Å². The Labute approximate surface area is 177 Å². The van der Waals surface area contributed by atoms with E-state index in [0.29, 0.717) is 22.8 Å². The molecule has 0 amide bonds. The average molecular weight is 439 g/mol. The molecule has 1 saturated heterocycles. The highest BCUT2D eigenvalue weighted by molar-refractivity contribution is 6.42. The molecule has 0 aliphatic carbocycles. The standard InChI is InChI=1S/C19H20Cl2N4O4/c1-22-24-18-10-5-7-25(13(10)4-6-23-18)19-16(28)15(27)17(29-19)14(26)9-2-3-11(20)12(21)8-9/h2-3,5-8,14-17,19,22,26-28H,4H2,1H3/b24-18-/t14-,15+,16-,17-,19-/m1/s1. The molecule has 3 heterocycles. The zero-order chi connectivity index (χ0) is 20.7. The van der Waals surface area contributed by atoms with E-state index in [2.05, 4.69) is 15.5 Å². The molecule has 1 aromatic heterocycles. The summed E-state index contributed by atoms with van der Waals surface area (Å²) in [6.45, 7) is 0. The Kier molecular flexibility index (Phi) is 5.65. The number of fused-ring (bicyclic) bond motifs is 1. The Bertz CT molecular complexity index is 977. The smallest absolute Gasteiger partial charge is 0.180 e. The lowest BCUT2D eigenvalue weighted by atomic mass is 9.99. The van der Waals surface area contributed by atoms with Crippen molar-refractivity contribution in [3.8, 4) is 0 Å². The van der Waals surface area contributed by atoms with E-state index in [0.717, 1.165) is 11.3 Å².